The normalized spacial score (nSPS) is 26.4. The zero-order valence-electron chi connectivity index (χ0n) is 16.7. The standard InChI is InChI=1S/C22H26FN3O3/c1-13(2)21-24-9-16(10-25-21)22(28)26-11-14-7-19(27)20(8-15(14)12-26)29-18-5-3-17(23)4-6-18/h3-6,9-10,13-15,19-20,27H,7-8,11-12H2,1-2H3/t14-,15+,19+,20+/m0/s1. The lowest BCUT2D eigenvalue weighted by Crippen LogP contribution is -2.42. The topological polar surface area (TPSA) is 75.6 Å². The minimum atomic E-state index is -0.606. The molecule has 1 N–H and O–H groups in total. The van der Waals surface area contributed by atoms with Crippen LogP contribution in [0.2, 0.25) is 0 Å². The lowest BCUT2D eigenvalue weighted by Gasteiger charge is -2.35. The number of fused-ring (bicyclic) bond motifs is 1. The number of carbonyl (C=O) groups is 1. The van der Waals surface area contributed by atoms with Crippen LogP contribution in [0.4, 0.5) is 4.39 Å². The van der Waals surface area contributed by atoms with Gasteiger partial charge >= 0.3 is 0 Å². The monoisotopic (exact) mass is 399 g/mol. The van der Waals surface area contributed by atoms with Crippen LogP contribution < -0.4 is 4.74 Å². The molecule has 1 saturated heterocycles. The number of aromatic nitrogens is 2. The Morgan fingerprint density at radius 1 is 1.14 bits per heavy atom. The van der Waals surface area contributed by atoms with E-state index in [1.54, 1.807) is 24.5 Å². The van der Waals surface area contributed by atoms with Crippen molar-refractivity contribution in [1.82, 2.24) is 14.9 Å². The second-order valence-electron chi connectivity index (χ2n) is 8.36. The van der Waals surface area contributed by atoms with Gasteiger partial charge < -0.3 is 14.7 Å². The van der Waals surface area contributed by atoms with Crippen molar-refractivity contribution in [3.05, 3.63) is 53.9 Å². The van der Waals surface area contributed by atoms with E-state index in [2.05, 4.69) is 9.97 Å². The third kappa shape index (κ3) is 4.24. The number of hydrogen-bond donors (Lipinski definition) is 1. The smallest absolute Gasteiger partial charge is 0.257 e. The molecule has 4 atom stereocenters. The summed E-state index contributed by atoms with van der Waals surface area (Å²) in [6.45, 7) is 5.27. The number of ether oxygens (including phenoxy) is 1. The van der Waals surface area contributed by atoms with Crippen LogP contribution >= 0.6 is 0 Å². The Labute approximate surface area is 169 Å². The van der Waals surface area contributed by atoms with Crippen LogP contribution in [0.3, 0.4) is 0 Å². The molecule has 29 heavy (non-hydrogen) atoms. The first-order valence-electron chi connectivity index (χ1n) is 10.1. The van der Waals surface area contributed by atoms with Crippen LogP contribution in [-0.4, -0.2) is 51.2 Å². The zero-order valence-corrected chi connectivity index (χ0v) is 16.7. The molecule has 6 nitrogen and oxygen atoms in total. The Balaban J connectivity index is 1.40. The summed E-state index contributed by atoms with van der Waals surface area (Å²) in [6.07, 6.45) is 3.48. The average molecular weight is 399 g/mol. The molecule has 1 aromatic carbocycles. The Morgan fingerprint density at radius 2 is 1.76 bits per heavy atom. The highest BCUT2D eigenvalue weighted by atomic mass is 19.1. The van der Waals surface area contributed by atoms with E-state index in [4.69, 9.17) is 4.74 Å². The van der Waals surface area contributed by atoms with Gasteiger partial charge in [0.15, 0.2) is 0 Å². The molecule has 0 radical (unpaired) electrons. The summed E-state index contributed by atoms with van der Waals surface area (Å²) in [5, 5.41) is 10.5. The average Bonchev–Trinajstić information content (AvgIpc) is 3.12. The third-order valence-electron chi connectivity index (χ3n) is 5.91. The number of amides is 1. The minimum Gasteiger partial charge on any atom is -0.488 e. The fourth-order valence-corrected chi connectivity index (χ4v) is 4.30. The van der Waals surface area contributed by atoms with E-state index in [0.29, 0.717) is 37.2 Å². The van der Waals surface area contributed by atoms with E-state index >= 15 is 0 Å². The number of aliphatic hydroxyl groups is 1. The predicted molar refractivity (Wildman–Crippen MR) is 105 cm³/mol. The van der Waals surface area contributed by atoms with Gasteiger partial charge in [-0.3, -0.25) is 4.79 Å². The highest BCUT2D eigenvalue weighted by Gasteiger charge is 2.44. The van der Waals surface area contributed by atoms with Gasteiger partial charge in [-0.15, -0.1) is 0 Å². The van der Waals surface area contributed by atoms with Crippen LogP contribution in [0.5, 0.6) is 5.75 Å². The molecule has 0 spiro atoms. The summed E-state index contributed by atoms with van der Waals surface area (Å²) >= 11 is 0. The van der Waals surface area contributed by atoms with Gasteiger partial charge in [-0.1, -0.05) is 13.8 Å². The Bertz CT molecular complexity index is 857. The van der Waals surface area contributed by atoms with Gasteiger partial charge in [0.1, 0.15) is 23.5 Å². The molecular weight excluding hydrogens is 373 g/mol. The van der Waals surface area contributed by atoms with Gasteiger partial charge in [-0.25, -0.2) is 14.4 Å². The number of halogens is 1. The maximum Gasteiger partial charge on any atom is 0.257 e. The van der Waals surface area contributed by atoms with Gasteiger partial charge in [0.2, 0.25) is 0 Å². The van der Waals surface area contributed by atoms with Crippen molar-refractivity contribution < 1.29 is 19.0 Å². The molecule has 1 amide bonds. The fraction of sp³-hybridized carbons (Fsp3) is 0.500. The molecule has 1 aromatic heterocycles. The van der Waals surface area contributed by atoms with Crippen LogP contribution in [0.15, 0.2) is 36.7 Å². The van der Waals surface area contributed by atoms with Crippen LogP contribution in [-0.2, 0) is 0 Å². The van der Waals surface area contributed by atoms with Crippen molar-refractivity contribution >= 4 is 5.91 Å². The Kier molecular flexibility index (Phi) is 5.50. The first kappa shape index (κ1) is 19.8. The molecule has 2 aromatic rings. The molecule has 2 heterocycles. The molecule has 0 bridgehead atoms. The molecule has 154 valence electrons. The summed E-state index contributed by atoms with van der Waals surface area (Å²) in [7, 11) is 0. The van der Waals surface area contributed by atoms with Crippen molar-refractivity contribution in [2.75, 3.05) is 13.1 Å². The van der Waals surface area contributed by atoms with Gasteiger partial charge in [0, 0.05) is 31.4 Å². The Morgan fingerprint density at radius 3 is 2.38 bits per heavy atom. The van der Waals surface area contributed by atoms with Crippen LogP contribution in [0, 0.1) is 17.7 Å². The highest BCUT2D eigenvalue weighted by Crippen LogP contribution is 2.38. The zero-order chi connectivity index (χ0) is 20.5. The third-order valence-corrected chi connectivity index (χ3v) is 5.91. The summed E-state index contributed by atoms with van der Waals surface area (Å²) in [5.74, 6) is 1.61. The lowest BCUT2D eigenvalue weighted by atomic mass is 9.78. The number of hydrogen-bond acceptors (Lipinski definition) is 5. The van der Waals surface area contributed by atoms with Crippen molar-refractivity contribution in [2.24, 2.45) is 11.8 Å². The number of carbonyl (C=O) groups excluding carboxylic acids is 1. The number of aliphatic hydroxyl groups excluding tert-OH is 1. The predicted octanol–water partition coefficient (Wildman–Crippen LogP) is 3.03. The van der Waals surface area contributed by atoms with E-state index in [1.807, 2.05) is 18.7 Å². The van der Waals surface area contributed by atoms with E-state index in [0.717, 1.165) is 5.82 Å². The van der Waals surface area contributed by atoms with Crippen molar-refractivity contribution in [1.29, 1.82) is 0 Å². The molecule has 1 aliphatic heterocycles. The SMILES string of the molecule is CC(C)c1ncc(C(=O)N2C[C@H]3C[C@@H](Oc4ccc(F)cc4)[C@H](O)C[C@H]3C2)cn1. The molecule has 2 fully saturated rings. The van der Waals surface area contributed by atoms with Crippen molar-refractivity contribution in [3.8, 4) is 5.75 Å². The fourth-order valence-electron chi connectivity index (χ4n) is 4.30. The highest BCUT2D eigenvalue weighted by molar-refractivity contribution is 5.93. The summed E-state index contributed by atoms with van der Waals surface area (Å²) in [4.78, 5) is 23.3. The molecule has 1 aliphatic carbocycles. The number of likely N-dealkylation sites (tertiary alicyclic amines) is 1. The van der Waals surface area contributed by atoms with Crippen LogP contribution in [0.25, 0.3) is 0 Å². The molecule has 7 heteroatoms. The molecule has 4 rings (SSSR count). The van der Waals surface area contributed by atoms with Gasteiger partial charge in [0.05, 0.1) is 11.7 Å². The first-order valence-corrected chi connectivity index (χ1v) is 10.1. The maximum absolute atomic E-state index is 13.1. The van der Waals surface area contributed by atoms with Crippen LogP contribution in [0.1, 0.15) is 48.8 Å². The van der Waals surface area contributed by atoms with E-state index in [-0.39, 0.29) is 35.6 Å². The van der Waals surface area contributed by atoms with Gasteiger partial charge in [-0.05, 0) is 48.9 Å². The first-order chi connectivity index (χ1) is 13.9. The quantitative estimate of drug-likeness (QED) is 0.855. The van der Waals surface area contributed by atoms with E-state index in [1.165, 1.54) is 12.1 Å². The molecule has 2 aliphatic rings. The lowest BCUT2D eigenvalue weighted by molar-refractivity contribution is -0.0231. The number of nitrogens with zero attached hydrogens (tertiary/aromatic N) is 3. The Hall–Kier alpha value is -2.54. The second kappa shape index (κ2) is 8.06. The summed E-state index contributed by atoms with van der Waals surface area (Å²) in [5.41, 5.74) is 0.493. The summed E-state index contributed by atoms with van der Waals surface area (Å²) < 4.78 is 19.0. The van der Waals surface area contributed by atoms with E-state index < -0.39 is 6.10 Å². The largest absolute Gasteiger partial charge is 0.488 e. The number of benzene rings is 1. The van der Waals surface area contributed by atoms with Crippen molar-refractivity contribution in [2.45, 2.75) is 44.8 Å². The molecule has 1 saturated carbocycles. The van der Waals surface area contributed by atoms with Gasteiger partial charge in [-0.2, -0.15) is 0 Å². The second-order valence-corrected chi connectivity index (χ2v) is 8.36. The van der Waals surface area contributed by atoms with E-state index in [9.17, 15) is 14.3 Å². The maximum atomic E-state index is 13.1. The summed E-state index contributed by atoms with van der Waals surface area (Å²) in [6, 6.07) is 5.82. The van der Waals surface area contributed by atoms with Crippen molar-refractivity contribution in [3.63, 3.8) is 0 Å². The number of rotatable bonds is 4. The minimum absolute atomic E-state index is 0.0693. The molecular formula is C22H26FN3O3. The van der Waals surface area contributed by atoms with Gasteiger partial charge in [0.25, 0.3) is 5.91 Å². The molecule has 0 unspecified atom stereocenters.